The third-order valence-electron chi connectivity index (χ3n) is 2.33. The van der Waals surface area contributed by atoms with Gasteiger partial charge in [0.25, 0.3) is 5.56 Å². The molecular weight excluding hydrogens is 250 g/mol. The van der Waals surface area contributed by atoms with Gasteiger partial charge in [-0.3, -0.25) is 4.79 Å². The molecule has 1 aromatic rings. The molecule has 0 fully saturated rings. The van der Waals surface area contributed by atoms with Gasteiger partial charge in [0, 0.05) is 13.1 Å². The monoisotopic (exact) mass is 269 g/mol. The quantitative estimate of drug-likeness (QED) is 0.836. The van der Waals surface area contributed by atoms with E-state index in [2.05, 4.69) is 10.4 Å². The van der Waals surface area contributed by atoms with Crippen molar-refractivity contribution in [3.63, 3.8) is 0 Å². The van der Waals surface area contributed by atoms with Gasteiger partial charge in [0.2, 0.25) is 0 Å². The van der Waals surface area contributed by atoms with E-state index in [9.17, 15) is 4.79 Å². The van der Waals surface area contributed by atoms with E-state index in [0.29, 0.717) is 24.7 Å². The first-order valence-electron chi connectivity index (χ1n) is 6.04. The zero-order chi connectivity index (χ0) is 13.7. The molecule has 18 heavy (non-hydrogen) atoms. The second kappa shape index (κ2) is 6.59. The van der Waals surface area contributed by atoms with Crippen molar-refractivity contribution in [1.82, 2.24) is 9.78 Å². The van der Waals surface area contributed by atoms with Crippen molar-refractivity contribution in [3.8, 4) is 0 Å². The van der Waals surface area contributed by atoms with E-state index in [1.807, 2.05) is 33.8 Å². The molecule has 0 saturated carbocycles. The van der Waals surface area contributed by atoms with E-state index in [-0.39, 0.29) is 10.6 Å². The van der Waals surface area contributed by atoms with E-state index in [0.717, 1.165) is 0 Å². The Morgan fingerprint density at radius 1 is 1.56 bits per heavy atom. The molecule has 1 heterocycles. The molecule has 0 aliphatic carbocycles. The largest absolute Gasteiger partial charge is 0.379 e. The molecular formula is C13H20ClN3O. The van der Waals surface area contributed by atoms with Gasteiger partial charge in [-0.2, -0.15) is 5.10 Å². The Balaban J connectivity index is 2.87. The van der Waals surface area contributed by atoms with Crippen molar-refractivity contribution in [2.45, 2.75) is 34.2 Å². The lowest BCUT2D eigenvalue weighted by atomic mass is 10.2. The smallest absolute Gasteiger partial charge is 0.287 e. The molecule has 0 saturated heterocycles. The summed E-state index contributed by atoms with van der Waals surface area (Å²) >= 11 is 6.04. The van der Waals surface area contributed by atoms with Crippen LogP contribution in [0.2, 0.25) is 5.02 Å². The first-order chi connectivity index (χ1) is 8.41. The van der Waals surface area contributed by atoms with Crippen LogP contribution in [0.4, 0.5) is 5.69 Å². The Morgan fingerprint density at radius 2 is 2.22 bits per heavy atom. The number of rotatable bonds is 5. The fourth-order valence-electron chi connectivity index (χ4n) is 1.43. The Kier molecular flexibility index (Phi) is 5.41. The Hall–Kier alpha value is -1.29. The number of allylic oxidation sites excluding steroid dienone is 1. The highest BCUT2D eigenvalue weighted by atomic mass is 35.5. The third-order valence-corrected chi connectivity index (χ3v) is 2.69. The van der Waals surface area contributed by atoms with E-state index < -0.39 is 0 Å². The number of aromatic nitrogens is 2. The van der Waals surface area contributed by atoms with Crippen LogP contribution in [-0.2, 0) is 6.54 Å². The predicted octanol–water partition coefficient (Wildman–Crippen LogP) is 2.93. The molecule has 1 aromatic heterocycles. The molecule has 100 valence electrons. The molecule has 1 N–H and O–H groups in total. The number of anilines is 1. The van der Waals surface area contributed by atoms with E-state index in [1.54, 1.807) is 6.20 Å². The fraction of sp³-hybridized carbons (Fsp3) is 0.538. The number of nitrogens with one attached hydrogen (secondary N) is 1. The summed E-state index contributed by atoms with van der Waals surface area (Å²) < 4.78 is 1.40. The maximum atomic E-state index is 11.9. The van der Waals surface area contributed by atoms with Crippen molar-refractivity contribution >= 4 is 17.3 Å². The van der Waals surface area contributed by atoms with Crippen LogP contribution in [0, 0.1) is 5.92 Å². The lowest BCUT2D eigenvalue weighted by Gasteiger charge is -2.10. The van der Waals surface area contributed by atoms with Crippen LogP contribution in [0.25, 0.3) is 0 Å². The lowest BCUT2D eigenvalue weighted by Crippen LogP contribution is -2.26. The molecule has 0 aromatic carbocycles. The van der Waals surface area contributed by atoms with Gasteiger partial charge < -0.3 is 5.32 Å². The van der Waals surface area contributed by atoms with Gasteiger partial charge in [-0.25, -0.2) is 4.68 Å². The number of hydrogen-bond acceptors (Lipinski definition) is 3. The minimum atomic E-state index is -0.243. The molecule has 0 amide bonds. The van der Waals surface area contributed by atoms with Crippen LogP contribution in [0.3, 0.4) is 0 Å². The average molecular weight is 270 g/mol. The van der Waals surface area contributed by atoms with Crippen molar-refractivity contribution in [2.24, 2.45) is 5.92 Å². The topological polar surface area (TPSA) is 46.9 Å². The summed E-state index contributed by atoms with van der Waals surface area (Å²) in [5.41, 5.74) is 1.55. The van der Waals surface area contributed by atoms with Crippen molar-refractivity contribution in [3.05, 3.63) is 33.2 Å². The van der Waals surface area contributed by atoms with Crippen LogP contribution in [-0.4, -0.2) is 16.3 Å². The SMILES string of the molecule is CC(C)=CCNc1cnn(CC(C)C)c(=O)c1Cl. The van der Waals surface area contributed by atoms with Gasteiger partial charge in [0.1, 0.15) is 5.02 Å². The minimum Gasteiger partial charge on any atom is -0.379 e. The first-order valence-corrected chi connectivity index (χ1v) is 6.42. The fourth-order valence-corrected chi connectivity index (χ4v) is 1.64. The predicted molar refractivity (Wildman–Crippen MR) is 76.3 cm³/mol. The van der Waals surface area contributed by atoms with Crippen LogP contribution in [0.15, 0.2) is 22.6 Å². The molecule has 0 atom stereocenters. The first kappa shape index (κ1) is 14.8. The van der Waals surface area contributed by atoms with E-state index in [1.165, 1.54) is 10.3 Å². The van der Waals surface area contributed by atoms with Gasteiger partial charge in [0.15, 0.2) is 0 Å². The van der Waals surface area contributed by atoms with Crippen LogP contribution in [0.5, 0.6) is 0 Å². The van der Waals surface area contributed by atoms with Crippen LogP contribution in [0.1, 0.15) is 27.7 Å². The highest BCUT2D eigenvalue weighted by Gasteiger charge is 2.09. The lowest BCUT2D eigenvalue weighted by molar-refractivity contribution is 0.464. The molecule has 0 bridgehead atoms. The third kappa shape index (κ3) is 4.18. The van der Waals surface area contributed by atoms with Gasteiger partial charge in [0.05, 0.1) is 11.9 Å². The van der Waals surface area contributed by atoms with E-state index in [4.69, 9.17) is 11.6 Å². The zero-order valence-corrected chi connectivity index (χ0v) is 12.1. The highest BCUT2D eigenvalue weighted by Crippen LogP contribution is 2.15. The molecule has 0 spiro atoms. The maximum Gasteiger partial charge on any atom is 0.287 e. The summed E-state index contributed by atoms with van der Waals surface area (Å²) in [6.07, 6.45) is 3.63. The Labute approximate surface area is 113 Å². The molecule has 0 radical (unpaired) electrons. The summed E-state index contributed by atoms with van der Waals surface area (Å²) in [5.74, 6) is 0.357. The van der Waals surface area contributed by atoms with Crippen LogP contribution >= 0.6 is 11.6 Å². The standard InChI is InChI=1S/C13H20ClN3O/c1-9(2)5-6-15-11-7-16-17(8-10(3)4)13(18)12(11)14/h5,7,10,15H,6,8H2,1-4H3. The zero-order valence-electron chi connectivity index (χ0n) is 11.3. The van der Waals surface area contributed by atoms with Gasteiger partial charge in [-0.1, -0.05) is 37.1 Å². The van der Waals surface area contributed by atoms with Gasteiger partial charge >= 0.3 is 0 Å². The van der Waals surface area contributed by atoms with Gasteiger partial charge in [-0.05, 0) is 19.8 Å². The van der Waals surface area contributed by atoms with Crippen molar-refractivity contribution in [1.29, 1.82) is 0 Å². The minimum absolute atomic E-state index is 0.202. The summed E-state index contributed by atoms with van der Waals surface area (Å²) in [5, 5.41) is 7.40. The normalized spacial score (nSPS) is 10.6. The van der Waals surface area contributed by atoms with Gasteiger partial charge in [-0.15, -0.1) is 0 Å². The van der Waals surface area contributed by atoms with Crippen molar-refractivity contribution < 1.29 is 0 Å². The summed E-state index contributed by atoms with van der Waals surface area (Å²) in [6.45, 7) is 9.31. The molecule has 1 rings (SSSR count). The number of halogens is 1. The summed E-state index contributed by atoms with van der Waals surface area (Å²) in [4.78, 5) is 11.9. The maximum absolute atomic E-state index is 11.9. The second-order valence-electron chi connectivity index (χ2n) is 4.92. The molecule has 5 heteroatoms. The summed E-state index contributed by atoms with van der Waals surface area (Å²) in [6, 6.07) is 0. The Bertz CT molecular complexity index is 487. The Morgan fingerprint density at radius 3 is 2.78 bits per heavy atom. The van der Waals surface area contributed by atoms with E-state index >= 15 is 0 Å². The second-order valence-corrected chi connectivity index (χ2v) is 5.29. The van der Waals surface area contributed by atoms with Crippen LogP contribution < -0.4 is 10.9 Å². The highest BCUT2D eigenvalue weighted by molar-refractivity contribution is 6.32. The average Bonchev–Trinajstić information content (AvgIpc) is 2.27. The summed E-state index contributed by atoms with van der Waals surface area (Å²) in [7, 11) is 0. The molecule has 0 aliphatic rings. The molecule has 0 unspecified atom stereocenters. The molecule has 0 aliphatic heterocycles. The number of hydrogen-bond donors (Lipinski definition) is 1. The number of nitrogens with zero attached hydrogens (tertiary/aromatic N) is 2. The molecule has 4 nitrogen and oxygen atoms in total. The van der Waals surface area contributed by atoms with Crippen molar-refractivity contribution in [2.75, 3.05) is 11.9 Å².